The van der Waals surface area contributed by atoms with E-state index in [-0.39, 0.29) is 29.6 Å². The number of rotatable bonds is 5. The summed E-state index contributed by atoms with van der Waals surface area (Å²) in [5, 5.41) is 2.87. The highest BCUT2D eigenvalue weighted by molar-refractivity contribution is 6.22. The second-order valence-corrected chi connectivity index (χ2v) is 9.84. The molecule has 176 valence electrons. The maximum atomic E-state index is 13.0. The number of fused-ring (bicyclic) bond motifs is 5. The highest BCUT2D eigenvalue weighted by Crippen LogP contribution is 2.56. The summed E-state index contributed by atoms with van der Waals surface area (Å²) in [5.41, 5.74) is 2.80. The summed E-state index contributed by atoms with van der Waals surface area (Å²) in [6.45, 7) is 2.02. The average Bonchev–Trinajstić information content (AvgIpc) is 3.55. The third-order valence-corrected chi connectivity index (χ3v) is 7.68. The van der Waals surface area contributed by atoms with Crippen LogP contribution in [-0.2, 0) is 9.59 Å². The molecule has 1 saturated heterocycles. The van der Waals surface area contributed by atoms with Crippen LogP contribution in [0.5, 0.6) is 11.5 Å². The van der Waals surface area contributed by atoms with Crippen molar-refractivity contribution in [3.8, 4) is 11.5 Å². The molecular formula is C29H26N2O4. The Morgan fingerprint density at radius 3 is 1.91 bits per heavy atom. The fraction of sp³-hybridized carbons (Fsp3) is 0.276. The van der Waals surface area contributed by atoms with Gasteiger partial charge in [0.05, 0.1) is 17.5 Å². The van der Waals surface area contributed by atoms with Gasteiger partial charge in [-0.3, -0.25) is 19.3 Å². The first-order chi connectivity index (χ1) is 17.0. The largest absolute Gasteiger partial charge is 0.457 e. The number of carbonyl (C=O) groups excluding carboxylic acids is 3. The van der Waals surface area contributed by atoms with Gasteiger partial charge in [-0.2, -0.15) is 0 Å². The van der Waals surface area contributed by atoms with Gasteiger partial charge in [0.2, 0.25) is 11.8 Å². The lowest BCUT2D eigenvalue weighted by Crippen LogP contribution is -2.32. The van der Waals surface area contributed by atoms with E-state index in [0.29, 0.717) is 34.5 Å². The molecule has 1 heterocycles. The van der Waals surface area contributed by atoms with Gasteiger partial charge in [-0.25, -0.2) is 0 Å². The minimum atomic E-state index is -0.266. The monoisotopic (exact) mass is 466 g/mol. The van der Waals surface area contributed by atoms with Crippen LogP contribution >= 0.6 is 0 Å². The second-order valence-electron chi connectivity index (χ2n) is 9.84. The number of anilines is 2. The number of hydrogen-bond acceptors (Lipinski definition) is 4. The van der Waals surface area contributed by atoms with E-state index in [1.165, 1.54) is 4.90 Å². The van der Waals surface area contributed by atoms with Crippen LogP contribution in [0.2, 0.25) is 0 Å². The normalized spacial score (nSPS) is 24.5. The number of hydrogen-bond donors (Lipinski definition) is 1. The van der Waals surface area contributed by atoms with Crippen LogP contribution in [-0.4, -0.2) is 17.7 Å². The van der Waals surface area contributed by atoms with Crippen molar-refractivity contribution in [1.82, 2.24) is 0 Å². The molecule has 3 aliphatic rings. The minimum Gasteiger partial charge on any atom is -0.457 e. The Morgan fingerprint density at radius 2 is 1.34 bits per heavy atom. The van der Waals surface area contributed by atoms with Crippen LogP contribution in [0.15, 0.2) is 72.8 Å². The molecule has 2 aliphatic carbocycles. The van der Waals surface area contributed by atoms with E-state index in [1.54, 1.807) is 48.5 Å². The molecule has 6 rings (SSSR count). The number of benzene rings is 3. The first kappa shape index (κ1) is 21.6. The Balaban J connectivity index is 1.11. The zero-order valence-electron chi connectivity index (χ0n) is 19.4. The van der Waals surface area contributed by atoms with E-state index >= 15 is 0 Å². The molecule has 3 aromatic rings. The number of ether oxygens (including phenoxy) is 1. The number of carbonyl (C=O) groups is 3. The lowest BCUT2D eigenvalue weighted by molar-refractivity contribution is -0.123. The van der Waals surface area contributed by atoms with Gasteiger partial charge < -0.3 is 10.1 Å². The first-order valence-electron chi connectivity index (χ1n) is 12.1. The van der Waals surface area contributed by atoms with Crippen molar-refractivity contribution < 1.29 is 19.1 Å². The molecule has 3 aromatic carbocycles. The van der Waals surface area contributed by atoms with Gasteiger partial charge in [0, 0.05) is 11.3 Å². The number of imide groups is 1. The number of nitrogens with zero attached hydrogens (tertiary/aromatic N) is 1. The standard InChI is InChI=1S/C29H26N2O4/c1-17-2-12-23(13-3-17)35-24-14-8-21(9-15-24)30-27(32)18-6-10-22(11-7-18)31-28(33)25-19-4-5-20(16-19)26(25)29(31)34/h2-3,6-15,19-20,25-26H,4-5,16H2,1H3,(H,30,32)/t19-,20-,25-,26-/m0/s1. The summed E-state index contributed by atoms with van der Waals surface area (Å²) in [6.07, 6.45) is 3.12. The van der Waals surface area contributed by atoms with Gasteiger partial charge in [-0.15, -0.1) is 0 Å². The minimum absolute atomic E-state index is 0.0719. The van der Waals surface area contributed by atoms with Crippen LogP contribution in [0.3, 0.4) is 0 Å². The molecule has 0 aromatic heterocycles. The SMILES string of the molecule is Cc1ccc(Oc2ccc(NC(=O)c3ccc(N4C(=O)[C@H]5[C@H]6CC[C@@H](C6)[C@@H]5C4=O)cc3)cc2)cc1. The smallest absolute Gasteiger partial charge is 0.255 e. The topological polar surface area (TPSA) is 75.7 Å². The molecule has 35 heavy (non-hydrogen) atoms. The van der Waals surface area contributed by atoms with Gasteiger partial charge in [-0.1, -0.05) is 17.7 Å². The van der Waals surface area contributed by atoms with Gasteiger partial charge in [-0.05, 0) is 98.7 Å². The second kappa shape index (κ2) is 8.38. The van der Waals surface area contributed by atoms with E-state index in [4.69, 9.17) is 4.74 Å². The summed E-state index contributed by atoms with van der Waals surface area (Å²) >= 11 is 0. The number of nitrogens with one attached hydrogen (secondary N) is 1. The molecule has 4 atom stereocenters. The molecule has 6 heteroatoms. The predicted molar refractivity (Wildman–Crippen MR) is 132 cm³/mol. The van der Waals surface area contributed by atoms with E-state index in [2.05, 4.69) is 5.32 Å². The summed E-state index contributed by atoms with van der Waals surface area (Å²) < 4.78 is 5.83. The third-order valence-electron chi connectivity index (χ3n) is 7.68. The Kier molecular flexibility index (Phi) is 5.17. The van der Waals surface area contributed by atoms with Crippen molar-refractivity contribution in [1.29, 1.82) is 0 Å². The summed E-state index contributed by atoms with van der Waals surface area (Å²) in [5.74, 6) is 1.42. The molecule has 2 bridgehead atoms. The molecule has 3 amide bonds. The van der Waals surface area contributed by atoms with Gasteiger partial charge >= 0.3 is 0 Å². The zero-order chi connectivity index (χ0) is 24.1. The van der Waals surface area contributed by atoms with Crippen LogP contribution in [0.4, 0.5) is 11.4 Å². The van der Waals surface area contributed by atoms with E-state index in [0.717, 1.165) is 30.6 Å². The molecular weight excluding hydrogens is 440 g/mol. The van der Waals surface area contributed by atoms with Crippen molar-refractivity contribution in [2.24, 2.45) is 23.7 Å². The number of amides is 3. The summed E-state index contributed by atoms with van der Waals surface area (Å²) in [7, 11) is 0. The molecule has 0 spiro atoms. The van der Waals surface area contributed by atoms with Gasteiger partial charge in [0.25, 0.3) is 5.91 Å². The van der Waals surface area contributed by atoms with E-state index < -0.39 is 0 Å². The highest BCUT2D eigenvalue weighted by atomic mass is 16.5. The highest BCUT2D eigenvalue weighted by Gasteiger charge is 2.61. The van der Waals surface area contributed by atoms with E-state index in [1.807, 2.05) is 31.2 Å². The van der Waals surface area contributed by atoms with Crippen molar-refractivity contribution in [3.63, 3.8) is 0 Å². The fourth-order valence-corrected chi connectivity index (χ4v) is 5.98. The van der Waals surface area contributed by atoms with Crippen molar-refractivity contribution in [3.05, 3.63) is 83.9 Å². The van der Waals surface area contributed by atoms with Crippen molar-refractivity contribution in [2.75, 3.05) is 10.2 Å². The molecule has 6 nitrogen and oxygen atoms in total. The summed E-state index contributed by atoms with van der Waals surface area (Å²) in [6, 6.07) is 21.6. The Morgan fingerprint density at radius 1 is 0.800 bits per heavy atom. The van der Waals surface area contributed by atoms with Crippen LogP contribution in [0.25, 0.3) is 0 Å². The Bertz CT molecular complexity index is 1270. The fourth-order valence-electron chi connectivity index (χ4n) is 5.98. The number of aryl methyl sites for hydroxylation is 1. The molecule has 1 N–H and O–H groups in total. The Hall–Kier alpha value is -3.93. The third kappa shape index (κ3) is 3.79. The van der Waals surface area contributed by atoms with Crippen molar-refractivity contribution in [2.45, 2.75) is 26.2 Å². The van der Waals surface area contributed by atoms with Crippen LogP contribution in [0.1, 0.15) is 35.2 Å². The molecule has 0 unspecified atom stereocenters. The van der Waals surface area contributed by atoms with Gasteiger partial charge in [0.1, 0.15) is 11.5 Å². The molecule has 3 fully saturated rings. The first-order valence-corrected chi connectivity index (χ1v) is 12.1. The quantitative estimate of drug-likeness (QED) is 0.499. The zero-order valence-corrected chi connectivity index (χ0v) is 19.4. The van der Waals surface area contributed by atoms with Crippen molar-refractivity contribution >= 4 is 29.1 Å². The van der Waals surface area contributed by atoms with E-state index in [9.17, 15) is 14.4 Å². The lowest BCUT2D eigenvalue weighted by Gasteiger charge is -2.19. The van der Waals surface area contributed by atoms with Crippen LogP contribution < -0.4 is 15.0 Å². The van der Waals surface area contributed by atoms with Gasteiger partial charge in [0.15, 0.2) is 0 Å². The average molecular weight is 467 g/mol. The maximum absolute atomic E-state index is 13.0. The molecule has 2 saturated carbocycles. The van der Waals surface area contributed by atoms with Crippen LogP contribution in [0, 0.1) is 30.6 Å². The predicted octanol–water partition coefficient (Wildman–Crippen LogP) is 5.58. The maximum Gasteiger partial charge on any atom is 0.255 e. The molecule has 1 aliphatic heterocycles. The molecule has 0 radical (unpaired) electrons. The Labute approximate surface area is 203 Å². The lowest BCUT2D eigenvalue weighted by atomic mass is 9.81. The summed E-state index contributed by atoms with van der Waals surface area (Å²) in [4.78, 5) is 40.1.